The third-order valence-electron chi connectivity index (χ3n) is 16.0. The van der Waals surface area contributed by atoms with Gasteiger partial charge in [-0.1, -0.05) is 215 Å². The average Bonchev–Trinajstić information content (AvgIpc) is 4.06. The largest absolute Gasteiger partial charge is 0.454 e. The molecule has 0 unspecified atom stereocenters. The molecule has 0 aliphatic carbocycles. The van der Waals surface area contributed by atoms with E-state index in [4.69, 9.17) is 8.83 Å². The number of para-hydroxylation sites is 6. The second kappa shape index (κ2) is 17.6. The van der Waals surface area contributed by atoms with Crippen molar-refractivity contribution in [2.75, 3.05) is 9.80 Å². The van der Waals surface area contributed by atoms with E-state index in [0.717, 1.165) is 89.1 Å². The Bertz CT molecular complexity index is 4350. The third kappa shape index (κ3) is 7.47. The summed E-state index contributed by atoms with van der Waals surface area (Å²) in [5, 5.41) is 11.9. The maximum Gasteiger partial charge on any atom is 0.159 e. The first kappa shape index (κ1) is 47.4. The van der Waals surface area contributed by atoms with Crippen LogP contribution in [0.4, 0.5) is 34.1 Å². The molecule has 13 aromatic rings. The predicted octanol–water partition coefficient (Wildman–Crippen LogP) is 21.8. The van der Waals surface area contributed by atoms with Crippen LogP contribution in [0, 0.1) is 0 Å². The summed E-state index contributed by atoms with van der Waals surface area (Å²) in [6.45, 7) is 22.9. The molecule has 2 heterocycles. The molecule has 13 rings (SSSR count). The minimum absolute atomic E-state index is 0.0597. The van der Waals surface area contributed by atoms with E-state index in [9.17, 15) is 0 Å². The summed E-state index contributed by atoms with van der Waals surface area (Å²) in [5.41, 5.74) is 17.2. The van der Waals surface area contributed by atoms with Crippen LogP contribution in [0.2, 0.25) is 0 Å². The molecule has 0 atom stereocenters. The van der Waals surface area contributed by atoms with Crippen molar-refractivity contribution >= 4 is 110 Å². The molecule has 0 spiro atoms. The molecule has 0 amide bonds. The molecule has 11 aromatic carbocycles. The SMILES string of the molecule is CC(C)c1cc(N(c2ccccc2)c2cccc3c2oc2c(-c4ccc(C(C)(C)C)cc4)cccc23)c2ccc3c(C(C)C)cc(N(c4ccccc4)c4cccc5c4oc4c(C(C)(C)C)cccc45)c4ccc1c2c34. The van der Waals surface area contributed by atoms with Gasteiger partial charge in [-0.25, -0.2) is 0 Å². The van der Waals surface area contributed by atoms with Gasteiger partial charge in [-0.3, -0.25) is 0 Å². The first-order valence-corrected chi connectivity index (χ1v) is 27.1. The molecule has 76 heavy (non-hydrogen) atoms. The van der Waals surface area contributed by atoms with Gasteiger partial charge in [0.05, 0.1) is 22.7 Å². The Morgan fingerprint density at radius 3 is 1.22 bits per heavy atom. The number of anilines is 6. The van der Waals surface area contributed by atoms with Crippen LogP contribution in [0.3, 0.4) is 0 Å². The molecule has 0 bridgehead atoms. The number of nitrogens with zero attached hydrogens (tertiary/aromatic N) is 2. The molecular weight excluding hydrogens is 925 g/mol. The lowest BCUT2D eigenvalue weighted by Crippen LogP contribution is -2.13. The first-order chi connectivity index (χ1) is 36.7. The Morgan fingerprint density at radius 1 is 0.342 bits per heavy atom. The fraction of sp³-hybridized carbons (Fsp3) is 0.194. The normalized spacial score (nSPS) is 12.6. The van der Waals surface area contributed by atoms with Crippen molar-refractivity contribution in [3.05, 3.63) is 216 Å². The van der Waals surface area contributed by atoms with Gasteiger partial charge in [0.25, 0.3) is 0 Å². The number of hydrogen-bond donors (Lipinski definition) is 0. The van der Waals surface area contributed by atoms with Gasteiger partial charge in [-0.05, 0) is 115 Å². The molecule has 0 aliphatic rings. The van der Waals surface area contributed by atoms with Crippen molar-refractivity contribution in [2.45, 2.75) is 91.9 Å². The molecule has 2 aromatic heterocycles. The number of fused-ring (bicyclic) bond motifs is 6. The minimum Gasteiger partial charge on any atom is -0.454 e. The maximum absolute atomic E-state index is 7.28. The zero-order valence-corrected chi connectivity index (χ0v) is 45.3. The zero-order chi connectivity index (χ0) is 52.4. The summed E-state index contributed by atoms with van der Waals surface area (Å²) in [7, 11) is 0. The van der Waals surface area contributed by atoms with Crippen molar-refractivity contribution in [1.82, 2.24) is 0 Å². The highest BCUT2D eigenvalue weighted by Gasteiger charge is 2.30. The summed E-state index contributed by atoms with van der Waals surface area (Å²) in [6.07, 6.45) is 0. The highest BCUT2D eigenvalue weighted by molar-refractivity contribution is 6.30. The lowest BCUT2D eigenvalue weighted by atomic mass is 9.84. The van der Waals surface area contributed by atoms with Gasteiger partial charge in [0, 0.05) is 54.8 Å². The Kier molecular flexibility index (Phi) is 11.0. The lowest BCUT2D eigenvalue weighted by molar-refractivity contribution is 0.573. The van der Waals surface area contributed by atoms with Crippen LogP contribution in [0.15, 0.2) is 203 Å². The van der Waals surface area contributed by atoms with E-state index in [1.807, 2.05) is 0 Å². The average molecular weight is 989 g/mol. The summed E-state index contributed by atoms with van der Waals surface area (Å²) < 4.78 is 14.5. The Balaban J connectivity index is 1.09. The number of rotatable bonds is 9. The summed E-state index contributed by atoms with van der Waals surface area (Å²) in [4.78, 5) is 4.91. The van der Waals surface area contributed by atoms with E-state index in [2.05, 4.69) is 273 Å². The second-order valence-electron chi connectivity index (χ2n) is 23.6. The molecule has 0 aliphatic heterocycles. The quantitative estimate of drug-likeness (QED) is 0.135. The maximum atomic E-state index is 7.28. The van der Waals surface area contributed by atoms with Crippen molar-refractivity contribution in [1.29, 1.82) is 0 Å². The van der Waals surface area contributed by atoms with Crippen molar-refractivity contribution in [2.24, 2.45) is 0 Å². The van der Waals surface area contributed by atoms with Crippen molar-refractivity contribution in [3.8, 4) is 11.1 Å². The fourth-order valence-corrected chi connectivity index (χ4v) is 12.2. The smallest absolute Gasteiger partial charge is 0.159 e. The number of hydrogen-bond acceptors (Lipinski definition) is 4. The summed E-state index contributed by atoms with van der Waals surface area (Å²) in [5.74, 6) is 0.456. The Labute approximate surface area is 446 Å². The molecule has 0 N–H and O–H groups in total. The third-order valence-corrected chi connectivity index (χ3v) is 16.0. The van der Waals surface area contributed by atoms with E-state index in [0.29, 0.717) is 0 Å². The highest BCUT2D eigenvalue weighted by Crippen LogP contribution is 2.53. The van der Waals surface area contributed by atoms with E-state index in [-0.39, 0.29) is 22.7 Å². The molecular formula is C72H64N2O2. The summed E-state index contributed by atoms with van der Waals surface area (Å²) in [6, 6.07) is 71.6. The van der Waals surface area contributed by atoms with Gasteiger partial charge in [0.15, 0.2) is 11.2 Å². The standard InChI is InChI=1S/C72H64N2O2/c1-43(2)58-41-63(73(47-21-13-11-14-22-47)61-31-19-28-54-52-26-17-25-49(67(52)75-69(54)61)45-33-35-46(36-34-45)71(5,6)7)56-39-37-51-59(44(3)4)42-64(57-40-38-50(58)65(56)66(51)57)74(48-23-15-12-16-24-48)62-32-20-29-55-53-27-18-30-60(72(8,9)10)68(53)76-70(55)62/h11-44H,1-10H3. The van der Waals surface area contributed by atoms with E-state index in [1.54, 1.807) is 0 Å². The highest BCUT2D eigenvalue weighted by atomic mass is 16.3. The monoisotopic (exact) mass is 988 g/mol. The van der Waals surface area contributed by atoms with Gasteiger partial charge >= 0.3 is 0 Å². The van der Waals surface area contributed by atoms with Crippen molar-refractivity contribution < 1.29 is 8.83 Å². The lowest BCUT2D eigenvalue weighted by Gasteiger charge is -2.31. The number of benzene rings is 11. The topological polar surface area (TPSA) is 32.8 Å². The Morgan fingerprint density at radius 2 is 0.763 bits per heavy atom. The molecule has 0 radical (unpaired) electrons. The van der Waals surface area contributed by atoms with E-state index < -0.39 is 0 Å². The van der Waals surface area contributed by atoms with Crippen molar-refractivity contribution in [3.63, 3.8) is 0 Å². The fourth-order valence-electron chi connectivity index (χ4n) is 12.2. The molecule has 4 nitrogen and oxygen atoms in total. The van der Waals surface area contributed by atoms with Crippen LogP contribution in [0.25, 0.3) is 87.3 Å². The van der Waals surface area contributed by atoms with Crippen LogP contribution in [0.5, 0.6) is 0 Å². The first-order valence-electron chi connectivity index (χ1n) is 27.1. The molecule has 4 heteroatoms. The van der Waals surface area contributed by atoms with Gasteiger partial charge < -0.3 is 18.6 Å². The van der Waals surface area contributed by atoms with Crippen LogP contribution < -0.4 is 9.80 Å². The van der Waals surface area contributed by atoms with Crippen LogP contribution in [0.1, 0.15) is 103 Å². The van der Waals surface area contributed by atoms with Gasteiger partial charge in [0.2, 0.25) is 0 Å². The minimum atomic E-state index is -0.101. The molecule has 0 saturated heterocycles. The molecule has 374 valence electrons. The molecule has 0 fully saturated rings. The van der Waals surface area contributed by atoms with Gasteiger partial charge in [-0.2, -0.15) is 0 Å². The van der Waals surface area contributed by atoms with Crippen LogP contribution in [-0.2, 0) is 10.8 Å². The second-order valence-corrected chi connectivity index (χ2v) is 23.6. The van der Waals surface area contributed by atoms with E-state index in [1.165, 1.54) is 54.6 Å². The Hall–Kier alpha value is -8.34. The van der Waals surface area contributed by atoms with E-state index >= 15 is 0 Å². The van der Waals surface area contributed by atoms with Gasteiger partial charge in [0.1, 0.15) is 11.2 Å². The van der Waals surface area contributed by atoms with Crippen LogP contribution in [-0.4, -0.2) is 0 Å². The zero-order valence-electron chi connectivity index (χ0n) is 45.3. The van der Waals surface area contributed by atoms with Crippen LogP contribution >= 0.6 is 0 Å². The summed E-state index contributed by atoms with van der Waals surface area (Å²) >= 11 is 0. The van der Waals surface area contributed by atoms with Gasteiger partial charge in [-0.15, -0.1) is 0 Å². The molecule has 0 saturated carbocycles. The predicted molar refractivity (Wildman–Crippen MR) is 325 cm³/mol. The number of furan rings is 2.